The van der Waals surface area contributed by atoms with Crippen LogP contribution in [0.25, 0.3) is 0 Å². The molecule has 2 aromatic rings. The van der Waals surface area contributed by atoms with Crippen molar-refractivity contribution in [3.8, 4) is 0 Å². The Kier molecular flexibility index (Phi) is 5.63. The molecule has 2 rings (SSSR count). The van der Waals surface area contributed by atoms with Crippen LogP contribution in [0.15, 0.2) is 24.3 Å². The van der Waals surface area contributed by atoms with Crippen molar-refractivity contribution in [2.75, 3.05) is 20.6 Å². The van der Waals surface area contributed by atoms with Crippen molar-refractivity contribution < 1.29 is 9.18 Å². The number of amides is 1. The summed E-state index contributed by atoms with van der Waals surface area (Å²) in [6.45, 7) is 3.10. The van der Waals surface area contributed by atoms with Gasteiger partial charge < -0.3 is 10.2 Å². The highest BCUT2D eigenvalue weighted by Crippen LogP contribution is 2.18. The number of rotatable bonds is 6. The van der Waals surface area contributed by atoms with E-state index in [4.69, 9.17) is 0 Å². The van der Waals surface area contributed by atoms with Crippen molar-refractivity contribution in [3.63, 3.8) is 0 Å². The summed E-state index contributed by atoms with van der Waals surface area (Å²) in [5, 5.41) is 3.83. The van der Waals surface area contributed by atoms with Gasteiger partial charge in [-0.05, 0) is 45.1 Å². The molecule has 4 nitrogen and oxygen atoms in total. The van der Waals surface area contributed by atoms with Gasteiger partial charge in [-0.1, -0.05) is 12.1 Å². The second-order valence-corrected chi connectivity index (χ2v) is 6.48. The molecule has 0 spiro atoms. The molecule has 0 saturated heterocycles. The Morgan fingerprint density at radius 3 is 2.64 bits per heavy atom. The summed E-state index contributed by atoms with van der Waals surface area (Å²) in [6.07, 6.45) is 0.675. The van der Waals surface area contributed by atoms with Gasteiger partial charge in [-0.25, -0.2) is 9.37 Å². The lowest BCUT2D eigenvalue weighted by atomic mass is 10.1. The van der Waals surface area contributed by atoms with E-state index in [2.05, 4.69) is 10.3 Å². The van der Waals surface area contributed by atoms with E-state index in [1.54, 1.807) is 12.1 Å². The van der Waals surface area contributed by atoms with Gasteiger partial charge in [0.25, 0.3) is 5.91 Å². The molecule has 1 aromatic carbocycles. The highest BCUT2D eigenvalue weighted by molar-refractivity contribution is 7.13. The standard InChI is InChI=1S/C16H20FN3OS/c1-11-15(22-14(19-11)10-20(2)3)16(21)18-9-8-12-4-6-13(17)7-5-12/h4-7H,8-10H2,1-3H3,(H,18,21). The van der Waals surface area contributed by atoms with E-state index in [1.807, 2.05) is 25.9 Å². The zero-order valence-corrected chi connectivity index (χ0v) is 13.8. The summed E-state index contributed by atoms with van der Waals surface area (Å²) in [5.41, 5.74) is 1.76. The first-order chi connectivity index (χ1) is 10.5. The predicted molar refractivity (Wildman–Crippen MR) is 86.7 cm³/mol. The Labute approximate surface area is 134 Å². The molecular formula is C16H20FN3OS. The van der Waals surface area contributed by atoms with E-state index >= 15 is 0 Å². The van der Waals surface area contributed by atoms with Crippen LogP contribution in [0.3, 0.4) is 0 Å². The Balaban J connectivity index is 1.89. The molecule has 0 aliphatic rings. The molecule has 1 heterocycles. The minimum absolute atomic E-state index is 0.0953. The van der Waals surface area contributed by atoms with Crippen molar-refractivity contribution in [3.05, 3.63) is 51.2 Å². The molecule has 0 aliphatic carbocycles. The third-order valence-electron chi connectivity index (χ3n) is 3.11. The Morgan fingerprint density at radius 1 is 1.32 bits per heavy atom. The Bertz CT molecular complexity index is 637. The normalized spacial score (nSPS) is 11.0. The highest BCUT2D eigenvalue weighted by Gasteiger charge is 2.15. The van der Waals surface area contributed by atoms with Crippen LogP contribution in [0.5, 0.6) is 0 Å². The third-order valence-corrected chi connectivity index (χ3v) is 4.25. The first-order valence-corrected chi connectivity index (χ1v) is 7.91. The van der Waals surface area contributed by atoms with Gasteiger partial charge in [0.2, 0.25) is 0 Å². The molecule has 6 heteroatoms. The van der Waals surface area contributed by atoms with E-state index in [1.165, 1.54) is 23.5 Å². The first-order valence-electron chi connectivity index (χ1n) is 7.09. The number of hydrogen-bond acceptors (Lipinski definition) is 4. The molecule has 0 unspecified atom stereocenters. The van der Waals surface area contributed by atoms with E-state index in [0.717, 1.165) is 22.8 Å². The van der Waals surface area contributed by atoms with Gasteiger partial charge in [0.05, 0.1) is 5.69 Å². The minimum atomic E-state index is -0.249. The van der Waals surface area contributed by atoms with Crippen LogP contribution in [0, 0.1) is 12.7 Å². The SMILES string of the molecule is Cc1nc(CN(C)C)sc1C(=O)NCCc1ccc(F)cc1. The number of benzene rings is 1. The Morgan fingerprint density at radius 2 is 2.00 bits per heavy atom. The molecule has 1 N–H and O–H groups in total. The number of halogens is 1. The average molecular weight is 321 g/mol. The molecule has 0 fully saturated rings. The fraction of sp³-hybridized carbons (Fsp3) is 0.375. The number of hydrogen-bond donors (Lipinski definition) is 1. The van der Waals surface area contributed by atoms with Gasteiger partial charge in [-0.3, -0.25) is 4.79 Å². The smallest absolute Gasteiger partial charge is 0.263 e. The van der Waals surface area contributed by atoms with Crippen LogP contribution in [0.4, 0.5) is 4.39 Å². The number of carbonyl (C=O) groups excluding carboxylic acids is 1. The zero-order valence-electron chi connectivity index (χ0n) is 13.0. The largest absolute Gasteiger partial charge is 0.351 e. The molecule has 0 bridgehead atoms. The van der Waals surface area contributed by atoms with Crippen molar-refractivity contribution in [2.45, 2.75) is 19.9 Å². The first kappa shape index (κ1) is 16.6. The summed E-state index contributed by atoms with van der Waals surface area (Å²) in [4.78, 5) is 19.3. The molecule has 118 valence electrons. The summed E-state index contributed by atoms with van der Waals surface area (Å²) < 4.78 is 12.8. The Hall–Kier alpha value is -1.79. The number of thiazole rings is 1. The molecular weight excluding hydrogens is 301 g/mol. The number of aromatic nitrogens is 1. The molecule has 1 amide bonds. The van der Waals surface area contributed by atoms with Crippen LogP contribution in [0.1, 0.15) is 25.9 Å². The van der Waals surface area contributed by atoms with Crippen LogP contribution >= 0.6 is 11.3 Å². The maximum atomic E-state index is 12.8. The van der Waals surface area contributed by atoms with Crippen LogP contribution in [0.2, 0.25) is 0 Å². The van der Waals surface area contributed by atoms with Gasteiger partial charge in [-0.15, -0.1) is 11.3 Å². The van der Waals surface area contributed by atoms with Crippen molar-refractivity contribution in [1.29, 1.82) is 0 Å². The molecule has 0 aliphatic heterocycles. The van der Waals surface area contributed by atoms with Crippen LogP contribution < -0.4 is 5.32 Å². The molecule has 0 saturated carbocycles. The second kappa shape index (κ2) is 7.47. The lowest BCUT2D eigenvalue weighted by Gasteiger charge is -2.05. The second-order valence-electron chi connectivity index (χ2n) is 5.39. The highest BCUT2D eigenvalue weighted by atomic mass is 32.1. The number of nitrogens with one attached hydrogen (secondary N) is 1. The number of carbonyl (C=O) groups is 1. The lowest BCUT2D eigenvalue weighted by Crippen LogP contribution is -2.25. The maximum absolute atomic E-state index is 12.8. The molecule has 0 radical (unpaired) electrons. The van der Waals surface area contributed by atoms with E-state index in [0.29, 0.717) is 17.8 Å². The summed E-state index contributed by atoms with van der Waals surface area (Å²) >= 11 is 1.43. The fourth-order valence-electron chi connectivity index (χ4n) is 2.05. The zero-order chi connectivity index (χ0) is 16.1. The van der Waals surface area contributed by atoms with E-state index < -0.39 is 0 Å². The molecule has 0 atom stereocenters. The van der Waals surface area contributed by atoms with E-state index in [9.17, 15) is 9.18 Å². The molecule has 1 aromatic heterocycles. The van der Waals surface area contributed by atoms with Gasteiger partial charge in [-0.2, -0.15) is 0 Å². The van der Waals surface area contributed by atoms with Crippen molar-refractivity contribution >= 4 is 17.2 Å². The molecule has 22 heavy (non-hydrogen) atoms. The van der Waals surface area contributed by atoms with Gasteiger partial charge in [0, 0.05) is 13.1 Å². The van der Waals surface area contributed by atoms with Gasteiger partial charge in [0.1, 0.15) is 15.7 Å². The number of aryl methyl sites for hydroxylation is 1. The summed E-state index contributed by atoms with van der Waals surface area (Å²) in [7, 11) is 3.94. The van der Waals surface area contributed by atoms with Crippen LogP contribution in [-0.2, 0) is 13.0 Å². The van der Waals surface area contributed by atoms with E-state index in [-0.39, 0.29) is 11.7 Å². The topological polar surface area (TPSA) is 45.2 Å². The van der Waals surface area contributed by atoms with Gasteiger partial charge >= 0.3 is 0 Å². The third kappa shape index (κ3) is 4.61. The fourth-order valence-corrected chi connectivity index (χ4v) is 3.15. The predicted octanol–water partition coefficient (Wildman–Crippen LogP) is 2.62. The maximum Gasteiger partial charge on any atom is 0.263 e. The summed E-state index contributed by atoms with van der Waals surface area (Å²) in [6, 6.07) is 6.32. The quantitative estimate of drug-likeness (QED) is 0.889. The van der Waals surface area contributed by atoms with Gasteiger partial charge in [0.15, 0.2) is 0 Å². The minimum Gasteiger partial charge on any atom is -0.351 e. The lowest BCUT2D eigenvalue weighted by molar-refractivity contribution is 0.0957. The summed E-state index contributed by atoms with van der Waals surface area (Å²) in [5.74, 6) is -0.344. The van der Waals surface area contributed by atoms with Crippen molar-refractivity contribution in [2.24, 2.45) is 0 Å². The van der Waals surface area contributed by atoms with Crippen LogP contribution in [-0.4, -0.2) is 36.4 Å². The monoisotopic (exact) mass is 321 g/mol. The average Bonchev–Trinajstić information content (AvgIpc) is 2.81. The van der Waals surface area contributed by atoms with Crippen molar-refractivity contribution in [1.82, 2.24) is 15.2 Å². The number of nitrogens with zero attached hydrogens (tertiary/aromatic N) is 2.